The number of imide groups is 1. The fourth-order valence-corrected chi connectivity index (χ4v) is 3.47. The number of carbonyl (C=O) groups excluding carboxylic acids is 3. The number of amides is 3. The largest absolute Gasteiger partial charge is 0.465 e. The minimum Gasteiger partial charge on any atom is -0.465 e. The topological polar surface area (TPSA) is 88.8 Å². The molecule has 0 aliphatic carbocycles. The number of hydrogen-bond acceptors (Lipinski definition) is 5. The van der Waals surface area contributed by atoms with E-state index in [1.165, 1.54) is 13.2 Å². The SMILES string of the molecule is CCC[C@@]1(c2ccccc2)NC(=O)N(Cc2cc(C(=O)OC)c(C)o2)C1=O. The molecule has 1 saturated heterocycles. The molecule has 3 rings (SSSR count). The Morgan fingerprint density at radius 1 is 1.26 bits per heavy atom. The number of hydrogen-bond donors (Lipinski definition) is 1. The van der Waals surface area contributed by atoms with Crippen LogP contribution in [0.5, 0.6) is 0 Å². The Balaban J connectivity index is 1.91. The molecular weight excluding hydrogens is 348 g/mol. The van der Waals surface area contributed by atoms with Gasteiger partial charge in [0, 0.05) is 0 Å². The molecule has 0 bridgehead atoms. The van der Waals surface area contributed by atoms with Crippen molar-refractivity contribution in [2.24, 2.45) is 0 Å². The van der Waals surface area contributed by atoms with Crippen LogP contribution in [0.4, 0.5) is 4.79 Å². The Morgan fingerprint density at radius 3 is 2.59 bits per heavy atom. The maximum atomic E-state index is 13.2. The third-order valence-electron chi connectivity index (χ3n) is 4.76. The summed E-state index contributed by atoms with van der Waals surface area (Å²) in [5.41, 5.74) is -0.0547. The molecule has 142 valence electrons. The van der Waals surface area contributed by atoms with E-state index in [1.54, 1.807) is 6.92 Å². The minimum atomic E-state index is -1.08. The van der Waals surface area contributed by atoms with Crippen LogP contribution in [0.2, 0.25) is 0 Å². The van der Waals surface area contributed by atoms with Crippen molar-refractivity contribution in [2.75, 3.05) is 7.11 Å². The Kier molecular flexibility index (Phi) is 5.03. The molecule has 1 aromatic carbocycles. The number of ether oxygens (including phenoxy) is 1. The summed E-state index contributed by atoms with van der Waals surface area (Å²) in [5.74, 6) is -0.123. The second-order valence-electron chi connectivity index (χ2n) is 6.52. The maximum absolute atomic E-state index is 13.2. The first-order valence-corrected chi connectivity index (χ1v) is 8.80. The van der Waals surface area contributed by atoms with Gasteiger partial charge in [0.15, 0.2) is 0 Å². The summed E-state index contributed by atoms with van der Waals surface area (Å²) in [6.45, 7) is 3.54. The summed E-state index contributed by atoms with van der Waals surface area (Å²) in [6.07, 6.45) is 1.21. The van der Waals surface area contributed by atoms with Crippen molar-refractivity contribution in [3.8, 4) is 0 Å². The van der Waals surface area contributed by atoms with Gasteiger partial charge in [0.2, 0.25) is 0 Å². The first-order valence-electron chi connectivity index (χ1n) is 8.80. The molecule has 0 spiro atoms. The first kappa shape index (κ1) is 18.7. The van der Waals surface area contributed by atoms with E-state index in [-0.39, 0.29) is 18.0 Å². The van der Waals surface area contributed by atoms with Crippen LogP contribution in [0, 0.1) is 6.92 Å². The van der Waals surface area contributed by atoms with Crippen LogP contribution >= 0.6 is 0 Å². The van der Waals surface area contributed by atoms with Crippen LogP contribution < -0.4 is 5.32 Å². The van der Waals surface area contributed by atoms with Gasteiger partial charge in [-0.2, -0.15) is 0 Å². The van der Waals surface area contributed by atoms with Gasteiger partial charge in [0.05, 0.1) is 13.7 Å². The summed E-state index contributed by atoms with van der Waals surface area (Å²) in [4.78, 5) is 38.7. The van der Waals surface area contributed by atoms with Crippen LogP contribution in [0.3, 0.4) is 0 Å². The highest BCUT2D eigenvalue weighted by Crippen LogP contribution is 2.34. The van der Waals surface area contributed by atoms with E-state index in [4.69, 9.17) is 9.15 Å². The summed E-state index contributed by atoms with van der Waals surface area (Å²) in [7, 11) is 1.28. The van der Waals surface area contributed by atoms with Gasteiger partial charge in [0.1, 0.15) is 22.6 Å². The number of urea groups is 1. The van der Waals surface area contributed by atoms with Crippen molar-refractivity contribution in [2.45, 2.75) is 38.8 Å². The van der Waals surface area contributed by atoms with Gasteiger partial charge < -0.3 is 14.5 Å². The number of methoxy groups -OCH3 is 1. The lowest BCUT2D eigenvalue weighted by Crippen LogP contribution is -2.43. The number of nitrogens with zero attached hydrogens (tertiary/aromatic N) is 1. The zero-order valence-corrected chi connectivity index (χ0v) is 15.6. The van der Waals surface area contributed by atoms with Crippen LogP contribution in [0.15, 0.2) is 40.8 Å². The molecule has 0 saturated carbocycles. The zero-order chi connectivity index (χ0) is 19.6. The highest BCUT2D eigenvalue weighted by Gasteiger charge is 2.51. The number of carbonyl (C=O) groups is 3. The van der Waals surface area contributed by atoms with Gasteiger partial charge in [-0.3, -0.25) is 9.69 Å². The number of nitrogens with one attached hydrogen (secondary N) is 1. The normalized spacial score (nSPS) is 19.3. The Bertz CT molecular complexity index is 874. The van der Waals surface area contributed by atoms with E-state index in [1.807, 2.05) is 37.3 Å². The monoisotopic (exact) mass is 370 g/mol. The molecule has 2 heterocycles. The highest BCUT2D eigenvalue weighted by atomic mass is 16.5. The average molecular weight is 370 g/mol. The molecule has 1 N–H and O–H groups in total. The fourth-order valence-electron chi connectivity index (χ4n) is 3.47. The standard InChI is InChI=1S/C20H22N2O5/c1-4-10-20(14-8-6-5-7-9-14)18(24)22(19(25)21-20)12-15-11-16(13(2)27-15)17(23)26-3/h5-9,11H,4,10,12H2,1-3H3,(H,21,25)/t20-/m0/s1. The molecule has 7 nitrogen and oxygen atoms in total. The highest BCUT2D eigenvalue weighted by molar-refractivity contribution is 6.07. The first-order chi connectivity index (χ1) is 12.9. The molecule has 1 fully saturated rings. The number of esters is 1. The molecule has 7 heteroatoms. The summed E-state index contributed by atoms with van der Waals surface area (Å²) in [6, 6.07) is 10.2. The van der Waals surface area contributed by atoms with Crippen LogP contribution in [0.25, 0.3) is 0 Å². The van der Waals surface area contributed by atoms with Gasteiger partial charge in [-0.25, -0.2) is 9.59 Å². The van der Waals surface area contributed by atoms with Crippen molar-refractivity contribution in [3.63, 3.8) is 0 Å². The quantitative estimate of drug-likeness (QED) is 0.623. The maximum Gasteiger partial charge on any atom is 0.341 e. The predicted molar refractivity (Wildman–Crippen MR) is 96.9 cm³/mol. The Labute approximate surface area is 157 Å². The second-order valence-corrected chi connectivity index (χ2v) is 6.52. The molecule has 1 aliphatic heterocycles. The molecule has 1 atom stereocenters. The van der Waals surface area contributed by atoms with Crippen molar-refractivity contribution < 1.29 is 23.5 Å². The lowest BCUT2D eigenvalue weighted by Gasteiger charge is -2.26. The van der Waals surface area contributed by atoms with E-state index in [9.17, 15) is 14.4 Å². The fraction of sp³-hybridized carbons (Fsp3) is 0.350. The van der Waals surface area contributed by atoms with E-state index in [0.29, 0.717) is 17.9 Å². The average Bonchev–Trinajstić information content (AvgIpc) is 3.15. The second kappa shape index (κ2) is 7.26. The summed E-state index contributed by atoms with van der Waals surface area (Å²) in [5, 5.41) is 2.86. The van der Waals surface area contributed by atoms with E-state index in [2.05, 4.69) is 5.32 Å². The van der Waals surface area contributed by atoms with Crippen molar-refractivity contribution >= 4 is 17.9 Å². The van der Waals surface area contributed by atoms with Gasteiger partial charge in [0.25, 0.3) is 5.91 Å². The number of aryl methyl sites for hydroxylation is 1. The van der Waals surface area contributed by atoms with Gasteiger partial charge in [-0.1, -0.05) is 43.7 Å². The van der Waals surface area contributed by atoms with Gasteiger partial charge in [-0.15, -0.1) is 0 Å². The Morgan fingerprint density at radius 2 is 1.96 bits per heavy atom. The lowest BCUT2D eigenvalue weighted by atomic mass is 9.85. The molecule has 0 radical (unpaired) electrons. The summed E-state index contributed by atoms with van der Waals surface area (Å²) >= 11 is 0. The molecule has 27 heavy (non-hydrogen) atoms. The third-order valence-corrected chi connectivity index (χ3v) is 4.76. The third kappa shape index (κ3) is 3.20. The molecule has 1 aliphatic rings. The smallest absolute Gasteiger partial charge is 0.341 e. The lowest BCUT2D eigenvalue weighted by molar-refractivity contribution is -0.132. The molecular formula is C20H22N2O5. The van der Waals surface area contributed by atoms with Crippen molar-refractivity contribution in [3.05, 3.63) is 59.0 Å². The van der Waals surface area contributed by atoms with Gasteiger partial charge in [-0.05, 0) is 25.0 Å². The zero-order valence-electron chi connectivity index (χ0n) is 15.6. The molecule has 1 aromatic heterocycles. The van der Waals surface area contributed by atoms with Crippen molar-refractivity contribution in [1.82, 2.24) is 10.2 Å². The summed E-state index contributed by atoms with van der Waals surface area (Å²) < 4.78 is 10.3. The van der Waals surface area contributed by atoms with E-state index >= 15 is 0 Å². The van der Waals surface area contributed by atoms with Crippen LogP contribution in [0.1, 0.15) is 47.2 Å². The van der Waals surface area contributed by atoms with Gasteiger partial charge >= 0.3 is 12.0 Å². The molecule has 2 aromatic rings. The minimum absolute atomic E-state index is 0.0548. The number of benzene rings is 1. The van der Waals surface area contributed by atoms with Crippen LogP contribution in [-0.4, -0.2) is 29.9 Å². The predicted octanol–water partition coefficient (Wildman–Crippen LogP) is 3.12. The number of furan rings is 1. The van der Waals surface area contributed by atoms with E-state index < -0.39 is 17.5 Å². The van der Waals surface area contributed by atoms with Crippen LogP contribution in [-0.2, 0) is 21.6 Å². The Hall–Kier alpha value is -3.09. The molecule has 3 amide bonds. The number of rotatable bonds is 6. The van der Waals surface area contributed by atoms with E-state index in [0.717, 1.165) is 16.9 Å². The molecule has 0 unspecified atom stereocenters. The van der Waals surface area contributed by atoms with Crippen molar-refractivity contribution in [1.29, 1.82) is 0 Å².